The molecule has 1 amide bonds. The number of amides is 1. The van der Waals surface area contributed by atoms with Gasteiger partial charge >= 0.3 is 6.09 Å². The molecule has 1 aromatic carbocycles. The highest BCUT2D eigenvalue weighted by atomic mass is 79.9. The Morgan fingerprint density at radius 3 is 2.89 bits per heavy atom. The molecule has 1 N–H and O–H groups in total. The minimum Gasteiger partial charge on any atom is -0.465 e. The van der Waals surface area contributed by atoms with Gasteiger partial charge in [0.15, 0.2) is 0 Å². The number of fused-ring (bicyclic) bond motifs is 3. The lowest BCUT2D eigenvalue weighted by atomic mass is 10.2. The molecule has 0 bridgehead atoms. The average molecular weight is 327 g/mol. The monoisotopic (exact) mass is 326 g/mol. The lowest BCUT2D eigenvalue weighted by molar-refractivity contribution is 0.126. The van der Waals surface area contributed by atoms with E-state index in [1.165, 1.54) is 17.0 Å². The van der Waals surface area contributed by atoms with Gasteiger partial charge in [-0.25, -0.2) is 9.18 Å². The van der Waals surface area contributed by atoms with Crippen LogP contribution in [0, 0.1) is 5.82 Å². The van der Waals surface area contributed by atoms with Crippen LogP contribution in [0.2, 0.25) is 0 Å². The highest BCUT2D eigenvalue weighted by Crippen LogP contribution is 2.34. The summed E-state index contributed by atoms with van der Waals surface area (Å²) in [6, 6.07) is 4.79. The van der Waals surface area contributed by atoms with Crippen molar-refractivity contribution in [3.05, 3.63) is 34.2 Å². The summed E-state index contributed by atoms with van der Waals surface area (Å²) >= 11 is 3.39. The third-order valence-electron chi connectivity index (χ3n) is 3.48. The van der Waals surface area contributed by atoms with Gasteiger partial charge in [-0.2, -0.15) is 0 Å². The van der Waals surface area contributed by atoms with Crippen molar-refractivity contribution in [2.75, 3.05) is 6.54 Å². The molecule has 100 valence electrons. The van der Waals surface area contributed by atoms with Crippen molar-refractivity contribution in [2.45, 2.75) is 19.5 Å². The standard InChI is InChI=1S/C13H12BrFN2O2/c1-7-5-16(13(18)19)6-10-3-8-2-9(15)4-11(14)12(8)17(7)10/h2-4,7H,5-6H2,1H3,(H,18,19). The molecule has 1 aromatic heterocycles. The molecular weight excluding hydrogens is 315 g/mol. The molecule has 19 heavy (non-hydrogen) atoms. The van der Waals surface area contributed by atoms with E-state index in [1.54, 1.807) is 0 Å². The molecule has 6 heteroatoms. The van der Waals surface area contributed by atoms with E-state index < -0.39 is 6.09 Å². The van der Waals surface area contributed by atoms with Crippen molar-refractivity contribution >= 4 is 32.9 Å². The topological polar surface area (TPSA) is 45.5 Å². The smallest absolute Gasteiger partial charge is 0.407 e. The van der Waals surface area contributed by atoms with Gasteiger partial charge in [-0.05, 0) is 41.1 Å². The second kappa shape index (κ2) is 4.23. The minimum absolute atomic E-state index is 0.0270. The fourth-order valence-electron chi connectivity index (χ4n) is 2.77. The second-order valence-corrected chi connectivity index (χ2v) is 5.70. The van der Waals surface area contributed by atoms with Gasteiger partial charge in [-0.1, -0.05) is 0 Å². The first-order valence-corrected chi connectivity index (χ1v) is 6.73. The maximum atomic E-state index is 13.4. The number of carbonyl (C=O) groups is 1. The Morgan fingerprint density at radius 2 is 2.21 bits per heavy atom. The third kappa shape index (κ3) is 1.90. The number of carboxylic acid groups (broad SMARTS) is 1. The van der Waals surface area contributed by atoms with Crippen molar-refractivity contribution in [2.24, 2.45) is 0 Å². The molecule has 0 fully saturated rings. The third-order valence-corrected chi connectivity index (χ3v) is 4.08. The maximum absolute atomic E-state index is 13.4. The second-order valence-electron chi connectivity index (χ2n) is 4.84. The highest BCUT2D eigenvalue weighted by Gasteiger charge is 2.27. The first-order valence-electron chi connectivity index (χ1n) is 5.94. The van der Waals surface area contributed by atoms with Crippen LogP contribution in [0.15, 0.2) is 22.7 Å². The molecule has 1 aliphatic rings. The van der Waals surface area contributed by atoms with Crippen molar-refractivity contribution in [1.29, 1.82) is 0 Å². The first-order chi connectivity index (χ1) is 8.97. The molecule has 3 rings (SSSR count). The molecule has 0 saturated carbocycles. The van der Waals surface area contributed by atoms with E-state index >= 15 is 0 Å². The van der Waals surface area contributed by atoms with Gasteiger partial charge in [0.25, 0.3) is 0 Å². The van der Waals surface area contributed by atoms with Crippen LogP contribution in [0.1, 0.15) is 18.7 Å². The van der Waals surface area contributed by atoms with Crippen LogP contribution in [0.5, 0.6) is 0 Å². The Hall–Kier alpha value is -1.56. The number of nitrogens with zero attached hydrogens (tertiary/aromatic N) is 2. The molecular formula is C13H12BrFN2O2. The highest BCUT2D eigenvalue weighted by molar-refractivity contribution is 9.10. The van der Waals surface area contributed by atoms with Crippen molar-refractivity contribution < 1.29 is 14.3 Å². The molecule has 1 aliphatic heterocycles. The van der Waals surface area contributed by atoms with Gasteiger partial charge in [-0.3, -0.25) is 0 Å². The molecule has 1 unspecified atom stereocenters. The van der Waals surface area contributed by atoms with Crippen molar-refractivity contribution in [3.8, 4) is 0 Å². The van der Waals surface area contributed by atoms with Crippen molar-refractivity contribution in [3.63, 3.8) is 0 Å². The summed E-state index contributed by atoms with van der Waals surface area (Å²) in [5.41, 5.74) is 1.82. The normalized spacial score (nSPS) is 18.7. The number of hydrogen-bond donors (Lipinski definition) is 1. The van der Waals surface area contributed by atoms with Gasteiger partial charge in [0.2, 0.25) is 0 Å². The molecule has 0 aliphatic carbocycles. The Morgan fingerprint density at radius 1 is 1.47 bits per heavy atom. The largest absolute Gasteiger partial charge is 0.465 e. The van der Waals surface area contributed by atoms with E-state index in [2.05, 4.69) is 20.5 Å². The summed E-state index contributed by atoms with van der Waals surface area (Å²) in [6.45, 7) is 2.74. The summed E-state index contributed by atoms with van der Waals surface area (Å²) in [6.07, 6.45) is -0.923. The van der Waals surface area contributed by atoms with E-state index in [9.17, 15) is 9.18 Å². The number of halogens is 2. The lowest BCUT2D eigenvalue weighted by Crippen LogP contribution is -2.39. The van der Waals surface area contributed by atoms with Crippen LogP contribution in [0.3, 0.4) is 0 Å². The van der Waals surface area contributed by atoms with Crippen LogP contribution in [0.4, 0.5) is 9.18 Å². The number of rotatable bonds is 0. The quantitative estimate of drug-likeness (QED) is 0.804. The number of aromatic nitrogens is 1. The Balaban J connectivity index is 2.21. The molecule has 2 heterocycles. The summed E-state index contributed by atoms with van der Waals surface area (Å²) < 4.78 is 16.2. The summed E-state index contributed by atoms with van der Waals surface area (Å²) in [5.74, 6) is -0.301. The zero-order valence-corrected chi connectivity index (χ0v) is 11.8. The summed E-state index contributed by atoms with van der Waals surface area (Å²) in [5, 5.41) is 9.90. The molecule has 4 nitrogen and oxygen atoms in total. The number of hydrogen-bond acceptors (Lipinski definition) is 1. The fraction of sp³-hybridized carbons (Fsp3) is 0.308. The average Bonchev–Trinajstić information content (AvgIpc) is 2.67. The summed E-state index contributed by atoms with van der Waals surface area (Å²) in [4.78, 5) is 12.5. The van der Waals surface area contributed by atoms with Gasteiger partial charge in [0.05, 0.1) is 12.1 Å². The fourth-order valence-corrected chi connectivity index (χ4v) is 3.41. The SMILES string of the molecule is CC1CN(C(=O)O)Cc2cc3cc(F)cc(Br)c3n21. The van der Waals surface area contributed by atoms with Gasteiger partial charge in [0.1, 0.15) is 5.82 Å². The van der Waals surface area contributed by atoms with Crippen LogP contribution in [-0.4, -0.2) is 27.2 Å². The van der Waals surface area contributed by atoms with E-state index in [0.29, 0.717) is 17.6 Å². The molecule has 2 aromatic rings. The van der Waals surface area contributed by atoms with Crippen molar-refractivity contribution in [1.82, 2.24) is 9.47 Å². The first kappa shape index (κ1) is 12.5. The van der Waals surface area contributed by atoms with Gasteiger partial charge in [0, 0.05) is 28.1 Å². The van der Waals surface area contributed by atoms with E-state index in [1.807, 2.05) is 13.0 Å². The minimum atomic E-state index is -0.923. The maximum Gasteiger partial charge on any atom is 0.407 e. The Bertz CT molecular complexity index is 683. The van der Waals surface area contributed by atoms with E-state index in [-0.39, 0.29) is 11.9 Å². The zero-order chi connectivity index (χ0) is 13.7. The van der Waals surface area contributed by atoms with Crippen LogP contribution < -0.4 is 0 Å². The van der Waals surface area contributed by atoms with Crippen LogP contribution in [0.25, 0.3) is 10.9 Å². The summed E-state index contributed by atoms with van der Waals surface area (Å²) in [7, 11) is 0. The molecule has 0 saturated heterocycles. The predicted molar refractivity (Wildman–Crippen MR) is 72.7 cm³/mol. The molecule has 0 radical (unpaired) electrons. The van der Waals surface area contributed by atoms with Crippen LogP contribution in [-0.2, 0) is 6.54 Å². The Labute approximate surface area is 117 Å². The van der Waals surface area contributed by atoms with E-state index in [0.717, 1.165) is 16.6 Å². The lowest BCUT2D eigenvalue weighted by Gasteiger charge is -2.32. The molecule has 1 atom stereocenters. The van der Waals surface area contributed by atoms with Gasteiger partial charge in [-0.15, -0.1) is 0 Å². The predicted octanol–water partition coefficient (Wildman–Crippen LogP) is 3.60. The Kier molecular flexibility index (Phi) is 2.78. The number of benzene rings is 1. The zero-order valence-electron chi connectivity index (χ0n) is 10.2. The van der Waals surface area contributed by atoms with Gasteiger partial charge < -0.3 is 14.6 Å². The van der Waals surface area contributed by atoms with E-state index in [4.69, 9.17) is 5.11 Å². The van der Waals surface area contributed by atoms with Crippen LogP contribution >= 0.6 is 15.9 Å². The molecule has 0 spiro atoms.